The summed E-state index contributed by atoms with van der Waals surface area (Å²) in [6.07, 6.45) is 2.23. The molecule has 0 N–H and O–H groups in total. The van der Waals surface area contributed by atoms with Crippen LogP contribution in [0.25, 0.3) is 10.4 Å². The van der Waals surface area contributed by atoms with Crippen molar-refractivity contribution in [1.29, 1.82) is 0 Å². The third-order valence-corrected chi connectivity index (χ3v) is 6.18. The highest BCUT2D eigenvalue weighted by atomic mass is 35.5. The molecule has 0 bridgehead atoms. The summed E-state index contributed by atoms with van der Waals surface area (Å²) >= 11 is 7.74. The standard InChI is InChI=1S/C22H24ClNO2S/c1-5-6-16-9-12-20(15(3)14(16)2)26-13-19-21(27-24-22(19)23)17-7-10-18(25-4)11-8-17/h7-12H,5-6,13H2,1-4H3. The first-order chi connectivity index (χ1) is 13.0. The van der Waals surface area contributed by atoms with Crippen molar-refractivity contribution in [2.45, 2.75) is 40.2 Å². The first kappa shape index (κ1) is 19.7. The molecule has 3 nitrogen and oxygen atoms in total. The molecule has 0 aliphatic rings. The van der Waals surface area contributed by atoms with Crippen molar-refractivity contribution in [2.24, 2.45) is 0 Å². The monoisotopic (exact) mass is 401 g/mol. The van der Waals surface area contributed by atoms with Gasteiger partial charge < -0.3 is 9.47 Å². The number of methoxy groups -OCH3 is 1. The molecule has 1 heterocycles. The first-order valence-electron chi connectivity index (χ1n) is 9.05. The maximum Gasteiger partial charge on any atom is 0.150 e. The van der Waals surface area contributed by atoms with E-state index in [4.69, 9.17) is 21.1 Å². The van der Waals surface area contributed by atoms with Gasteiger partial charge in [0.15, 0.2) is 0 Å². The van der Waals surface area contributed by atoms with Gasteiger partial charge in [0.2, 0.25) is 0 Å². The van der Waals surface area contributed by atoms with Crippen molar-refractivity contribution < 1.29 is 9.47 Å². The summed E-state index contributed by atoms with van der Waals surface area (Å²) in [5.74, 6) is 1.72. The summed E-state index contributed by atoms with van der Waals surface area (Å²) in [4.78, 5) is 1.03. The summed E-state index contributed by atoms with van der Waals surface area (Å²) in [6.45, 7) is 6.87. The zero-order valence-electron chi connectivity index (χ0n) is 16.1. The lowest BCUT2D eigenvalue weighted by molar-refractivity contribution is 0.304. The second-order valence-electron chi connectivity index (χ2n) is 6.52. The molecule has 0 aliphatic carbocycles. The van der Waals surface area contributed by atoms with Crippen LogP contribution in [0.4, 0.5) is 0 Å². The van der Waals surface area contributed by atoms with E-state index in [2.05, 4.69) is 37.3 Å². The molecule has 3 rings (SSSR count). The van der Waals surface area contributed by atoms with Gasteiger partial charge in [-0.05, 0) is 84.4 Å². The van der Waals surface area contributed by atoms with Crippen LogP contribution < -0.4 is 9.47 Å². The Balaban J connectivity index is 1.83. The lowest BCUT2D eigenvalue weighted by atomic mass is 9.99. The third kappa shape index (κ3) is 4.28. The van der Waals surface area contributed by atoms with Crippen LogP contribution >= 0.6 is 23.1 Å². The SMILES string of the molecule is CCCc1ccc(OCc2c(Cl)nsc2-c2ccc(OC)cc2)c(C)c1C. The number of aryl methyl sites for hydroxylation is 1. The molecule has 0 spiro atoms. The average molecular weight is 402 g/mol. The van der Waals surface area contributed by atoms with Crippen LogP contribution in [0.2, 0.25) is 5.15 Å². The minimum Gasteiger partial charge on any atom is -0.497 e. The van der Waals surface area contributed by atoms with E-state index in [1.54, 1.807) is 7.11 Å². The molecule has 2 aromatic carbocycles. The highest BCUT2D eigenvalue weighted by Crippen LogP contribution is 2.35. The quantitative estimate of drug-likeness (QED) is 0.445. The number of hydrogen-bond acceptors (Lipinski definition) is 4. The third-order valence-electron chi connectivity index (χ3n) is 4.83. The van der Waals surface area contributed by atoms with Gasteiger partial charge in [-0.2, -0.15) is 4.37 Å². The van der Waals surface area contributed by atoms with Crippen LogP contribution in [0.5, 0.6) is 11.5 Å². The zero-order chi connectivity index (χ0) is 19.4. The van der Waals surface area contributed by atoms with E-state index in [1.807, 2.05) is 24.3 Å². The summed E-state index contributed by atoms with van der Waals surface area (Å²) in [5, 5.41) is 0.503. The Labute approximate surface area is 170 Å². The summed E-state index contributed by atoms with van der Waals surface area (Å²) < 4.78 is 15.7. The second-order valence-corrected chi connectivity index (χ2v) is 7.65. The predicted molar refractivity (Wildman–Crippen MR) is 113 cm³/mol. The summed E-state index contributed by atoms with van der Waals surface area (Å²) in [7, 11) is 1.66. The van der Waals surface area contributed by atoms with Crippen molar-refractivity contribution in [3.05, 3.63) is 63.8 Å². The Morgan fingerprint density at radius 2 is 1.78 bits per heavy atom. The number of rotatable bonds is 7. The fourth-order valence-electron chi connectivity index (χ4n) is 3.08. The molecule has 3 aromatic rings. The Bertz CT molecular complexity index is 919. The lowest BCUT2D eigenvalue weighted by Crippen LogP contribution is -2.01. The molecule has 0 aliphatic heterocycles. The number of hydrogen-bond donors (Lipinski definition) is 0. The predicted octanol–water partition coefficient (Wildman–Crippen LogP) is 6.62. The molecule has 0 atom stereocenters. The molecule has 1 aromatic heterocycles. The van der Waals surface area contributed by atoms with Crippen LogP contribution in [0.15, 0.2) is 36.4 Å². The number of aromatic nitrogens is 1. The summed E-state index contributed by atoms with van der Waals surface area (Å²) in [5.41, 5.74) is 5.86. The minimum absolute atomic E-state index is 0.393. The zero-order valence-corrected chi connectivity index (χ0v) is 17.7. The van der Waals surface area contributed by atoms with Crippen LogP contribution in [-0.4, -0.2) is 11.5 Å². The molecule has 142 valence electrons. The van der Waals surface area contributed by atoms with Crippen molar-refractivity contribution in [3.63, 3.8) is 0 Å². The number of nitrogens with zero attached hydrogens (tertiary/aromatic N) is 1. The van der Waals surface area contributed by atoms with Gasteiger partial charge in [0.25, 0.3) is 0 Å². The Kier molecular flexibility index (Phi) is 6.40. The minimum atomic E-state index is 0.393. The Morgan fingerprint density at radius 3 is 2.44 bits per heavy atom. The Hall–Kier alpha value is -2.04. The van der Waals surface area contributed by atoms with Gasteiger partial charge in [0.1, 0.15) is 23.3 Å². The number of ether oxygens (including phenoxy) is 2. The van der Waals surface area contributed by atoms with E-state index in [-0.39, 0.29) is 0 Å². The molecular weight excluding hydrogens is 378 g/mol. The van der Waals surface area contributed by atoms with Gasteiger partial charge in [0.05, 0.1) is 12.0 Å². The molecule has 0 saturated heterocycles. The lowest BCUT2D eigenvalue weighted by Gasteiger charge is -2.14. The topological polar surface area (TPSA) is 31.4 Å². The van der Waals surface area contributed by atoms with Crippen molar-refractivity contribution in [3.8, 4) is 21.9 Å². The van der Waals surface area contributed by atoms with E-state index in [9.17, 15) is 0 Å². The van der Waals surface area contributed by atoms with Crippen molar-refractivity contribution >= 4 is 23.1 Å². The van der Waals surface area contributed by atoms with Gasteiger partial charge in [-0.15, -0.1) is 0 Å². The molecule has 0 saturated carbocycles. The van der Waals surface area contributed by atoms with Crippen LogP contribution in [-0.2, 0) is 13.0 Å². The van der Waals surface area contributed by atoms with Crippen LogP contribution in [0.1, 0.15) is 35.6 Å². The molecular formula is C22H24ClNO2S. The van der Waals surface area contributed by atoms with Gasteiger partial charge in [-0.3, -0.25) is 0 Å². The average Bonchev–Trinajstić information content (AvgIpc) is 3.05. The van der Waals surface area contributed by atoms with Gasteiger partial charge in [-0.1, -0.05) is 31.0 Å². The van der Waals surface area contributed by atoms with Crippen LogP contribution in [0.3, 0.4) is 0 Å². The van der Waals surface area contributed by atoms with E-state index in [0.29, 0.717) is 11.8 Å². The number of benzene rings is 2. The van der Waals surface area contributed by atoms with Crippen molar-refractivity contribution in [2.75, 3.05) is 7.11 Å². The van der Waals surface area contributed by atoms with E-state index in [1.165, 1.54) is 28.2 Å². The number of halogens is 1. The highest BCUT2D eigenvalue weighted by molar-refractivity contribution is 7.10. The van der Waals surface area contributed by atoms with Gasteiger partial charge >= 0.3 is 0 Å². The first-order valence-corrected chi connectivity index (χ1v) is 10.2. The van der Waals surface area contributed by atoms with E-state index < -0.39 is 0 Å². The maximum atomic E-state index is 6.35. The molecule has 27 heavy (non-hydrogen) atoms. The molecule has 0 unspecified atom stereocenters. The van der Waals surface area contributed by atoms with Gasteiger partial charge in [-0.25, -0.2) is 0 Å². The molecule has 0 radical (unpaired) electrons. The Morgan fingerprint density at radius 1 is 1.04 bits per heavy atom. The fourth-order valence-corrected chi connectivity index (χ4v) is 4.18. The molecule has 0 fully saturated rings. The maximum absolute atomic E-state index is 6.35. The normalized spacial score (nSPS) is 10.9. The highest BCUT2D eigenvalue weighted by Gasteiger charge is 2.16. The van der Waals surface area contributed by atoms with Crippen LogP contribution in [0, 0.1) is 13.8 Å². The van der Waals surface area contributed by atoms with Crippen molar-refractivity contribution in [1.82, 2.24) is 4.37 Å². The second kappa shape index (κ2) is 8.77. The smallest absolute Gasteiger partial charge is 0.150 e. The molecule has 0 amide bonds. The van der Waals surface area contributed by atoms with Gasteiger partial charge in [0, 0.05) is 5.56 Å². The summed E-state index contributed by atoms with van der Waals surface area (Å²) in [6, 6.07) is 12.1. The molecule has 5 heteroatoms. The fraction of sp³-hybridized carbons (Fsp3) is 0.318. The largest absolute Gasteiger partial charge is 0.497 e. The van der Waals surface area contributed by atoms with E-state index in [0.717, 1.165) is 40.3 Å². The van der Waals surface area contributed by atoms with E-state index >= 15 is 0 Å².